The van der Waals surface area contributed by atoms with Gasteiger partial charge in [-0.3, -0.25) is 9.59 Å². The molecule has 2 aliphatic rings. The molecule has 174 valence electrons. The lowest BCUT2D eigenvalue weighted by Crippen LogP contribution is -2.56. The number of hydrogen-bond donors (Lipinski definition) is 0. The van der Waals surface area contributed by atoms with E-state index in [9.17, 15) is 27.2 Å². The van der Waals surface area contributed by atoms with Crippen LogP contribution in [0.5, 0.6) is 0 Å². The number of alkyl halides is 3. The number of amides is 2. The molecule has 0 unspecified atom stereocenters. The molecule has 0 radical (unpaired) electrons. The number of carbonyl (C=O) groups excluding carboxylic acids is 2. The summed E-state index contributed by atoms with van der Waals surface area (Å²) in [7, 11) is 0. The highest BCUT2D eigenvalue weighted by atomic mass is 19.4. The number of likely N-dealkylation sites (tertiary alicyclic amines) is 2. The lowest BCUT2D eigenvalue weighted by molar-refractivity contribution is -0.137. The summed E-state index contributed by atoms with van der Waals surface area (Å²) in [5.74, 6) is -0.894. The Bertz CT molecular complexity index is 1070. The second-order valence-corrected chi connectivity index (χ2v) is 8.51. The third-order valence-corrected chi connectivity index (χ3v) is 6.34. The molecule has 4 nitrogen and oxygen atoms in total. The average Bonchev–Trinajstić information content (AvgIpc) is 2.81. The summed E-state index contributed by atoms with van der Waals surface area (Å²) in [5.41, 5.74) is -0.230. The number of hydrogen-bond acceptors (Lipinski definition) is 2. The lowest BCUT2D eigenvalue weighted by Gasteiger charge is -2.47. The van der Waals surface area contributed by atoms with Crippen molar-refractivity contribution in [2.45, 2.75) is 31.5 Å². The molecule has 2 saturated heterocycles. The van der Waals surface area contributed by atoms with E-state index >= 15 is 0 Å². The van der Waals surface area contributed by atoms with Gasteiger partial charge in [-0.05, 0) is 67.2 Å². The Kier molecular flexibility index (Phi) is 6.54. The van der Waals surface area contributed by atoms with Crippen LogP contribution in [0.3, 0.4) is 0 Å². The van der Waals surface area contributed by atoms with Crippen LogP contribution < -0.4 is 0 Å². The Labute approximate surface area is 189 Å². The predicted octanol–water partition coefficient (Wildman–Crippen LogP) is 5.01. The fourth-order valence-electron chi connectivity index (χ4n) is 4.75. The van der Waals surface area contributed by atoms with Crippen molar-refractivity contribution in [3.8, 4) is 0 Å². The van der Waals surface area contributed by atoms with Crippen LogP contribution in [0.25, 0.3) is 6.08 Å². The van der Waals surface area contributed by atoms with Gasteiger partial charge in [-0.1, -0.05) is 18.2 Å². The van der Waals surface area contributed by atoms with Crippen LogP contribution in [-0.2, 0) is 11.0 Å². The van der Waals surface area contributed by atoms with E-state index in [0.29, 0.717) is 31.6 Å². The predicted molar refractivity (Wildman–Crippen MR) is 116 cm³/mol. The molecule has 4 rings (SSSR count). The van der Waals surface area contributed by atoms with Crippen LogP contribution in [0.1, 0.15) is 40.7 Å². The highest BCUT2D eigenvalue weighted by molar-refractivity contribution is 5.95. The van der Waals surface area contributed by atoms with Crippen molar-refractivity contribution >= 4 is 17.9 Å². The largest absolute Gasteiger partial charge is 0.416 e. The Morgan fingerprint density at radius 1 is 1.00 bits per heavy atom. The number of halogens is 4. The number of nitrogens with zero attached hydrogens (tertiary/aromatic N) is 2. The van der Waals surface area contributed by atoms with Crippen molar-refractivity contribution in [2.75, 3.05) is 19.6 Å². The van der Waals surface area contributed by atoms with Crippen LogP contribution in [0.2, 0.25) is 0 Å². The van der Waals surface area contributed by atoms with E-state index in [0.717, 1.165) is 25.0 Å². The van der Waals surface area contributed by atoms with Gasteiger partial charge in [0.25, 0.3) is 5.91 Å². The van der Waals surface area contributed by atoms with Gasteiger partial charge in [0.05, 0.1) is 5.56 Å². The highest BCUT2D eigenvalue weighted by Gasteiger charge is 2.39. The van der Waals surface area contributed by atoms with Crippen molar-refractivity contribution in [2.24, 2.45) is 5.92 Å². The molecule has 2 aliphatic heterocycles. The Balaban J connectivity index is 1.43. The number of piperidine rings is 2. The molecule has 33 heavy (non-hydrogen) atoms. The van der Waals surface area contributed by atoms with E-state index in [1.165, 1.54) is 30.3 Å². The minimum atomic E-state index is -4.51. The molecule has 8 heteroatoms. The summed E-state index contributed by atoms with van der Waals surface area (Å²) >= 11 is 0. The van der Waals surface area contributed by atoms with E-state index in [-0.39, 0.29) is 29.2 Å². The molecule has 2 atom stereocenters. The van der Waals surface area contributed by atoms with Crippen LogP contribution in [-0.4, -0.2) is 47.3 Å². The second kappa shape index (κ2) is 9.37. The number of carbonyl (C=O) groups is 2. The Morgan fingerprint density at radius 3 is 2.55 bits per heavy atom. The highest BCUT2D eigenvalue weighted by Crippen LogP contribution is 2.33. The first kappa shape index (κ1) is 23.0. The van der Waals surface area contributed by atoms with Crippen LogP contribution in [0.15, 0.2) is 54.6 Å². The zero-order valence-corrected chi connectivity index (χ0v) is 17.9. The molecule has 0 N–H and O–H groups in total. The molecule has 0 bridgehead atoms. The first-order valence-electron chi connectivity index (χ1n) is 10.9. The molecule has 0 spiro atoms. The topological polar surface area (TPSA) is 40.6 Å². The van der Waals surface area contributed by atoms with E-state index in [4.69, 9.17) is 0 Å². The maximum Gasteiger partial charge on any atom is 0.416 e. The van der Waals surface area contributed by atoms with Crippen molar-refractivity contribution < 1.29 is 27.2 Å². The van der Waals surface area contributed by atoms with Gasteiger partial charge in [0, 0.05) is 37.3 Å². The molecule has 2 amide bonds. The minimum absolute atomic E-state index is 0.0186. The molecular weight excluding hydrogens is 436 g/mol. The maximum atomic E-state index is 13.4. The van der Waals surface area contributed by atoms with Gasteiger partial charge >= 0.3 is 6.18 Å². The third-order valence-electron chi connectivity index (χ3n) is 6.34. The second-order valence-electron chi connectivity index (χ2n) is 8.51. The normalized spacial score (nSPS) is 21.2. The average molecular weight is 460 g/mol. The Morgan fingerprint density at radius 2 is 1.79 bits per heavy atom. The molecular formula is C25H24F4N2O2. The summed E-state index contributed by atoms with van der Waals surface area (Å²) in [6, 6.07) is 10.4. The maximum absolute atomic E-state index is 13.4. The zero-order valence-electron chi connectivity index (χ0n) is 17.9. The lowest BCUT2D eigenvalue weighted by atomic mass is 9.83. The summed E-state index contributed by atoms with van der Waals surface area (Å²) in [6.45, 7) is 1.37. The fraction of sp³-hybridized carbons (Fsp3) is 0.360. The molecule has 0 aliphatic carbocycles. The van der Waals surface area contributed by atoms with Gasteiger partial charge in [0.1, 0.15) is 5.82 Å². The third kappa shape index (κ3) is 5.26. The van der Waals surface area contributed by atoms with E-state index < -0.39 is 17.6 Å². The van der Waals surface area contributed by atoms with E-state index in [2.05, 4.69) is 0 Å². The molecule has 0 saturated carbocycles. The molecule has 0 aromatic heterocycles. The number of benzene rings is 2. The van der Waals surface area contributed by atoms with Gasteiger partial charge < -0.3 is 9.80 Å². The monoisotopic (exact) mass is 460 g/mol. The van der Waals surface area contributed by atoms with Gasteiger partial charge in [0.2, 0.25) is 5.91 Å². The first-order chi connectivity index (χ1) is 15.7. The number of rotatable bonds is 3. The summed E-state index contributed by atoms with van der Waals surface area (Å²) < 4.78 is 52.4. The molecule has 2 aromatic rings. The van der Waals surface area contributed by atoms with Crippen LogP contribution in [0, 0.1) is 11.7 Å². The van der Waals surface area contributed by atoms with Crippen molar-refractivity contribution in [1.82, 2.24) is 9.80 Å². The fourth-order valence-corrected chi connectivity index (χ4v) is 4.75. The van der Waals surface area contributed by atoms with Gasteiger partial charge in [-0.15, -0.1) is 0 Å². The molecule has 2 fully saturated rings. The van der Waals surface area contributed by atoms with Gasteiger partial charge in [0.15, 0.2) is 0 Å². The summed E-state index contributed by atoms with van der Waals surface area (Å²) in [6.07, 6.45) is 0.709. The van der Waals surface area contributed by atoms with Crippen LogP contribution in [0.4, 0.5) is 17.6 Å². The SMILES string of the molecule is O=C(c1cccc(C(F)(F)F)c1)N1CC[C@@H]2[C@H](CCCN2C(=O)/C=C/c2cccc(F)c2)C1. The first-order valence-corrected chi connectivity index (χ1v) is 10.9. The zero-order chi connectivity index (χ0) is 23.6. The quantitative estimate of drug-likeness (QED) is 0.477. The number of fused-ring (bicyclic) bond motifs is 1. The van der Waals surface area contributed by atoms with Crippen molar-refractivity contribution in [1.29, 1.82) is 0 Å². The molecule has 2 heterocycles. The molecule has 2 aromatic carbocycles. The van der Waals surface area contributed by atoms with Crippen LogP contribution >= 0.6 is 0 Å². The standard InChI is InChI=1S/C25H24F4N2O2/c26-21-8-1-4-17(14-21)9-10-23(32)31-12-3-6-19-16-30(13-11-22(19)31)24(33)18-5-2-7-20(15-18)25(27,28)29/h1-2,4-5,7-10,14-15,19,22H,3,6,11-13,16H2/b10-9+/t19-,22-/m1/s1. The van der Waals surface area contributed by atoms with Gasteiger partial charge in [-0.25, -0.2) is 4.39 Å². The van der Waals surface area contributed by atoms with Crippen molar-refractivity contribution in [3.63, 3.8) is 0 Å². The van der Waals surface area contributed by atoms with Crippen molar-refractivity contribution in [3.05, 3.63) is 77.1 Å². The van der Waals surface area contributed by atoms with E-state index in [1.807, 2.05) is 0 Å². The summed E-state index contributed by atoms with van der Waals surface area (Å²) in [4.78, 5) is 29.1. The van der Waals surface area contributed by atoms with Gasteiger partial charge in [-0.2, -0.15) is 13.2 Å². The summed E-state index contributed by atoms with van der Waals surface area (Å²) in [5, 5.41) is 0. The smallest absolute Gasteiger partial charge is 0.338 e. The van der Waals surface area contributed by atoms with E-state index in [1.54, 1.807) is 28.0 Å². The Hall–Kier alpha value is -3.16. The minimum Gasteiger partial charge on any atom is -0.338 e.